The van der Waals surface area contributed by atoms with Crippen LogP contribution in [0.15, 0.2) is 6.20 Å². The number of rotatable bonds is 1. The third kappa shape index (κ3) is 1.60. The van der Waals surface area contributed by atoms with Crippen LogP contribution in [0.25, 0.3) is 0 Å². The molecule has 1 heterocycles. The zero-order valence-corrected chi connectivity index (χ0v) is 5.97. The predicted molar refractivity (Wildman–Crippen MR) is 32.0 cm³/mol. The maximum absolute atomic E-state index is 12.7. The van der Waals surface area contributed by atoms with Gasteiger partial charge in [0.2, 0.25) is 5.95 Å². The minimum Gasteiger partial charge on any atom is -0.365 e. The molecular formula is C5H3F4N3O. The number of aromatic nitrogens is 2. The summed E-state index contributed by atoms with van der Waals surface area (Å²) >= 11 is 0. The van der Waals surface area contributed by atoms with Crippen molar-refractivity contribution in [3.05, 3.63) is 17.7 Å². The van der Waals surface area contributed by atoms with Gasteiger partial charge >= 0.3 is 6.30 Å². The highest BCUT2D eigenvalue weighted by molar-refractivity contribution is 5.92. The Morgan fingerprint density at radius 1 is 1.54 bits per heavy atom. The Kier molecular flexibility index (Phi) is 1.98. The van der Waals surface area contributed by atoms with E-state index in [1.807, 2.05) is 0 Å². The van der Waals surface area contributed by atoms with Gasteiger partial charge in [0.05, 0.1) is 6.20 Å². The van der Waals surface area contributed by atoms with Crippen molar-refractivity contribution in [3.63, 3.8) is 0 Å². The van der Waals surface area contributed by atoms with Gasteiger partial charge in [0.25, 0.3) is 5.91 Å². The number of nitrogens with two attached hydrogens (primary N) is 1. The van der Waals surface area contributed by atoms with Gasteiger partial charge in [0.15, 0.2) is 0 Å². The molecule has 2 N–H and O–H groups in total. The van der Waals surface area contributed by atoms with Crippen molar-refractivity contribution in [2.24, 2.45) is 5.73 Å². The van der Waals surface area contributed by atoms with E-state index in [1.165, 1.54) is 0 Å². The van der Waals surface area contributed by atoms with E-state index < -0.39 is 28.4 Å². The quantitative estimate of drug-likeness (QED) is 0.670. The third-order valence-electron chi connectivity index (χ3n) is 1.22. The molecule has 0 aliphatic heterocycles. The first-order chi connectivity index (χ1) is 5.84. The largest absolute Gasteiger partial charge is 0.507 e. The van der Waals surface area contributed by atoms with Gasteiger partial charge in [0, 0.05) is 0 Å². The molecule has 1 rings (SSSR count). The second-order valence-electron chi connectivity index (χ2n) is 2.09. The highest BCUT2D eigenvalue weighted by atomic mass is 19.4. The van der Waals surface area contributed by atoms with Crippen LogP contribution in [0.5, 0.6) is 0 Å². The van der Waals surface area contributed by atoms with E-state index in [1.54, 1.807) is 0 Å². The summed E-state index contributed by atoms with van der Waals surface area (Å²) in [5.41, 5.74) is 3.68. The van der Waals surface area contributed by atoms with Crippen LogP contribution in [0.4, 0.5) is 17.6 Å². The van der Waals surface area contributed by atoms with Crippen LogP contribution in [0.1, 0.15) is 10.4 Å². The van der Waals surface area contributed by atoms with Crippen molar-refractivity contribution >= 4 is 5.91 Å². The minimum absolute atomic E-state index is 0.422. The van der Waals surface area contributed by atoms with Crippen molar-refractivity contribution in [1.29, 1.82) is 0 Å². The molecule has 1 aromatic heterocycles. The number of hydrogen-bond donors (Lipinski definition) is 1. The van der Waals surface area contributed by atoms with Crippen LogP contribution < -0.4 is 5.73 Å². The van der Waals surface area contributed by atoms with Crippen LogP contribution in [-0.4, -0.2) is 15.7 Å². The smallest absolute Gasteiger partial charge is 0.365 e. The molecule has 0 spiro atoms. The molecule has 0 bridgehead atoms. The second kappa shape index (κ2) is 2.71. The molecule has 0 saturated carbocycles. The van der Waals surface area contributed by atoms with E-state index in [9.17, 15) is 22.4 Å². The molecule has 0 saturated heterocycles. The molecule has 0 unspecified atom stereocenters. The summed E-state index contributed by atoms with van der Waals surface area (Å²) in [6, 6.07) is 0. The Labute approximate surface area is 68.9 Å². The fourth-order valence-corrected chi connectivity index (χ4v) is 0.676. The van der Waals surface area contributed by atoms with Gasteiger partial charge < -0.3 is 5.73 Å². The first-order valence-electron chi connectivity index (χ1n) is 2.94. The van der Waals surface area contributed by atoms with Gasteiger partial charge in [-0.2, -0.15) is 9.49 Å². The summed E-state index contributed by atoms with van der Waals surface area (Å²) in [7, 11) is 0. The minimum atomic E-state index is -4.99. The van der Waals surface area contributed by atoms with Gasteiger partial charge in [0.1, 0.15) is 5.56 Å². The van der Waals surface area contributed by atoms with Crippen molar-refractivity contribution in [3.8, 4) is 0 Å². The Morgan fingerprint density at radius 3 is 2.31 bits per heavy atom. The predicted octanol–water partition coefficient (Wildman–Crippen LogP) is 0.597. The molecule has 1 aromatic rings. The third-order valence-corrected chi connectivity index (χ3v) is 1.22. The van der Waals surface area contributed by atoms with Gasteiger partial charge in [-0.15, -0.1) is 17.9 Å². The standard InChI is InChI=1S/C5H3F4N3O/c6-3-2(4(10)13)1-11-12(3)5(7,8)9/h1H,(H2,10,13). The highest BCUT2D eigenvalue weighted by Gasteiger charge is 2.36. The van der Waals surface area contributed by atoms with Crippen molar-refractivity contribution in [2.75, 3.05) is 0 Å². The number of halogens is 4. The number of alkyl halides is 3. The lowest BCUT2D eigenvalue weighted by Gasteiger charge is -2.05. The Bertz CT molecular complexity index is 342. The van der Waals surface area contributed by atoms with E-state index in [0.717, 1.165) is 0 Å². The average molecular weight is 197 g/mol. The normalized spacial score (nSPS) is 11.7. The summed E-state index contributed by atoms with van der Waals surface area (Å²) in [5.74, 6) is -3.10. The topological polar surface area (TPSA) is 60.9 Å². The highest BCUT2D eigenvalue weighted by Crippen LogP contribution is 2.23. The number of primary amides is 1. The lowest BCUT2D eigenvalue weighted by molar-refractivity contribution is -0.218. The van der Waals surface area contributed by atoms with Crippen molar-refractivity contribution in [2.45, 2.75) is 6.30 Å². The summed E-state index contributed by atoms with van der Waals surface area (Å²) < 4.78 is 47.3. The molecule has 0 fully saturated rings. The second-order valence-corrected chi connectivity index (χ2v) is 2.09. The molecule has 13 heavy (non-hydrogen) atoms. The van der Waals surface area contributed by atoms with Crippen LogP contribution in [0.3, 0.4) is 0 Å². The van der Waals surface area contributed by atoms with Crippen molar-refractivity contribution in [1.82, 2.24) is 9.78 Å². The molecule has 72 valence electrons. The number of hydrogen-bond acceptors (Lipinski definition) is 2. The van der Waals surface area contributed by atoms with Gasteiger partial charge in [-0.3, -0.25) is 4.79 Å². The number of nitrogens with zero attached hydrogens (tertiary/aromatic N) is 2. The van der Waals surface area contributed by atoms with Gasteiger partial charge in [-0.05, 0) is 0 Å². The van der Waals surface area contributed by atoms with Gasteiger partial charge in [-0.25, -0.2) is 0 Å². The Hall–Kier alpha value is -1.60. The van der Waals surface area contributed by atoms with Crippen LogP contribution >= 0.6 is 0 Å². The van der Waals surface area contributed by atoms with E-state index in [2.05, 4.69) is 10.8 Å². The molecule has 4 nitrogen and oxygen atoms in total. The maximum atomic E-state index is 12.7. The Morgan fingerprint density at radius 2 is 2.08 bits per heavy atom. The summed E-state index contributed by atoms with van der Waals surface area (Å²) in [4.78, 5) is 10.3. The van der Waals surface area contributed by atoms with E-state index >= 15 is 0 Å². The Balaban J connectivity index is 3.22. The number of carbonyl (C=O) groups excluding carboxylic acids is 1. The van der Waals surface area contributed by atoms with E-state index in [4.69, 9.17) is 0 Å². The first-order valence-corrected chi connectivity index (χ1v) is 2.94. The molecule has 0 aromatic carbocycles. The molecular weight excluding hydrogens is 194 g/mol. The lowest BCUT2D eigenvalue weighted by Crippen LogP contribution is -2.21. The SMILES string of the molecule is NC(=O)c1cnn(C(F)(F)F)c1F. The van der Waals surface area contributed by atoms with E-state index in [0.29, 0.717) is 6.20 Å². The summed E-state index contributed by atoms with van der Waals surface area (Å²) in [5, 5.41) is 2.62. The molecule has 0 atom stereocenters. The molecule has 0 radical (unpaired) electrons. The monoisotopic (exact) mass is 197 g/mol. The maximum Gasteiger partial charge on any atom is 0.507 e. The van der Waals surface area contributed by atoms with E-state index in [-0.39, 0.29) is 0 Å². The zero-order valence-electron chi connectivity index (χ0n) is 5.97. The van der Waals surface area contributed by atoms with Gasteiger partial charge in [-0.1, -0.05) is 0 Å². The zero-order chi connectivity index (χ0) is 10.2. The first kappa shape index (κ1) is 9.49. The number of amides is 1. The fraction of sp³-hybridized carbons (Fsp3) is 0.200. The van der Waals surface area contributed by atoms with Crippen LogP contribution in [0, 0.1) is 5.95 Å². The molecule has 8 heteroatoms. The lowest BCUT2D eigenvalue weighted by atomic mass is 10.3. The average Bonchev–Trinajstić information content (AvgIpc) is 2.28. The molecule has 0 aliphatic rings. The van der Waals surface area contributed by atoms with Crippen LogP contribution in [-0.2, 0) is 6.30 Å². The van der Waals surface area contributed by atoms with Crippen LogP contribution in [0.2, 0.25) is 0 Å². The molecule has 1 amide bonds. The molecule has 0 aliphatic carbocycles. The fourth-order valence-electron chi connectivity index (χ4n) is 0.676. The summed E-state index contributed by atoms with van der Waals surface area (Å²) in [6.45, 7) is 0. The van der Waals surface area contributed by atoms with Crippen molar-refractivity contribution < 1.29 is 22.4 Å². The summed E-state index contributed by atoms with van der Waals surface area (Å²) in [6.07, 6.45) is -4.57. The number of carbonyl (C=O) groups is 1.